The number of carbonyl (C=O) groups excluding carboxylic acids is 1. The molecule has 4 heteroatoms. The van der Waals surface area contributed by atoms with Gasteiger partial charge in [0.2, 0.25) is 0 Å². The number of urea groups is 1. The monoisotopic (exact) mass is 340 g/mol. The van der Waals surface area contributed by atoms with E-state index in [1.54, 1.807) is 7.11 Å². The molecular weight excluding hydrogens is 312 g/mol. The molecule has 134 valence electrons. The molecule has 2 N–H and O–H groups in total. The molecule has 0 saturated heterocycles. The molecule has 0 fully saturated rings. The zero-order valence-electron chi connectivity index (χ0n) is 15.5. The molecule has 25 heavy (non-hydrogen) atoms. The minimum atomic E-state index is -0.146. The maximum absolute atomic E-state index is 12.1. The summed E-state index contributed by atoms with van der Waals surface area (Å²) in [4.78, 5) is 12.1. The van der Waals surface area contributed by atoms with Crippen LogP contribution in [0.4, 0.5) is 4.79 Å². The van der Waals surface area contributed by atoms with Gasteiger partial charge in [0.15, 0.2) is 0 Å². The Morgan fingerprint density at radius 2 is 1.72 bits per heavy atom. The van der Waals surface area contributed by atoms with Crippen LogP contribution in [0.1, 0.15) is 38.3 Å². The summed E-state index contributed by atoms with van der Waals surface area (Å²) in [6.07, 6.45) is 0.868. The molecule has 0 spiro atoms. The molecule has 2 aromatic rings. The van der Waals surface area contributed by atoms with E-state index < -0.39 is 0 Å². The highest BCUT2D eigenvalue weighted by molar-refractivity contribution is 5.74. The summed E-state index contributed by atoms with van der Waals surface area (Å²) in [5.74, 6) is 0.810. The van der Waals surface area contributed by atoms with E-state index in [0.29, 0.717) is 6.54 Å². The second kappa shape index (κ2) is 8.56. The predicted octanol–water partition coefficient (Wildman–Crippen LogP) is 4.25. The third-order valence-corrected chi connectivity index (χ3v) is 4.36. The molecule has 0 aliphatic heterocycles. The Morgan fingerprint density at radius 3 is 2.32 bits per heavy atom. The van der Waals surface area contributed by atoms with Gasteiger partial charge in [-0.05, 0) is 42.0 Å². The fourth-order valence-corrected chi connectivity index (χ4v) is 3.02. The molecule has 2 aromatic carbocycles. The van der Waals surface area contributed by atoms with Crippen molar-refractivity contribution in [3.05, 3.63) is 65.7 Å². The van der Waals surface area contributed by atoms with Crippen LogP contribution in [0.5, 0.6) is 5.75 Å². The predicted molar refractivity (Wildman–Crippen MR) is 102 cm³/mol. The zero-order valence-corrected chi connectivity index (χ0v) is 15.5. The van der Waals surface area contributed by atoms with Gasteiger partial charge in [0, 0.05) is 12.6 Å². The topological polar surface area (TPSA) is 50.4 Å². The third kappa shape index (κ3) is 5.82. The summed E-state index contributed by atoms with van der Waals surface area (Å²) >= 11 is 0. The number of amides is 2. The first kappa shape index (κ1) is 18.8. The largest absolute Gasteiger partial charge is 0.497 e. The normalized spacial score (nSPS) is 12.3. The third-order valence-electron chi connectivity index (χ3n) is 4.36. The summed E-state index contributed by atoms with van der Waals surface area (Å²) in [6.45, 7) is 6.94. The van der Waals surface area contributed by atoms with Crippen LogP contribution >= 0.6 is 0 Å². The van der Waals surface area contributed by atoms with Crippen LogP contribution in [0, 0.1) is 0 Å². The van der Waals surface area contributed by atoms with Gasteiger partial charge in [0.05, 0.1) is 7.11 Å². The molecule has 4 nitrogen and oxygen atoms in total. The molecule has 1 unspecified atom stereocenters. The Labute approximate surface area is 150 Å². The van der Waals surface area contributed by atoms with E-state index in [0.717, 1.165) is 17.7 Å². The second-order valence-electron chi connectivity index (χ2n) is 7.03. The van der Waals surface area contributed by atoms with Crippen molar-refractivity contribution in [1.82, 2.24) is 10.6 Å². The van der Waals surface area contributed by atoms with Crippen molar-refractivity contribution in [2.75, 3.05) is 7.11 Å². The van der Waals surface area contributed by atoms with Gasteiger partial charge in [0.25, 0.3) is 0 Å². The number of ether oxygens (including phenoxy) is 1. The Bertz CT molecular complexity index is 666. The lowest BCUT2D eigenvalue weighted by atomic mass is 9.79. The van der Waals surface area contributed by atoms with Crippen molar-refractivity contribution in [2.24, 2.45) is 0 Å². The number of nitrogens with one attached hydrogen (secondary N) is 2. The van der Waals surface area contributed by atoms with Crippen molar-refractivity contribution in [2.45, 2.75) is 45.2 Å². The summed E-state index contributed by atoms with van der Waals surface area (Å²) in [5, 5.41) is 5.93. The van der Waals surface area contributed by atoms with Gasteiger partial charge in [-0.3, -0.25) is 0 Å². The standard InChI is InChI=1S/C21H28N2O2/c1-16(14-21(2,3)18-8-6-5-7-9-18)23-20(24)22-15-17-10-12-19(25-4)13-11-17/h5-13,16H,14-15H2,1-4H3,(H2,22,23,24). The molecule has 0 saturated carbocycles. The first-order chi connectivity index (χ1) is 11.9. The van der Waals surface area contributed by atoms with Crippen LogP contribution in [-0.4, -0.2) is 19.2 Å². The number of hydrogen-bond acceptors (Lipinski definition) is 2. The molecule has 0 heterocycles. The average molecular weight is 340 g/mol. The first-order valence-electron chi connectivity index (χ1n) is 8.63. The van der Waals surface area contributed by atoms with Gasteiger partial charge < -0.3 is 15.4 Å². The van der Waals surface area contributed by atoms with Crippen molar-refractivity contribution < 1.29 is 9.53 Å². The second-order valence-corrected chi connectivity index (χ2v) is 7.03. The van der Waals surface area contributed by atoms with Crippen LogP contribution in [0.2, 0.25) is 0 Å². The summed E-state index contributed by atoms with van der Waals surface area (Å²) in [7, 11) is 1.64. The lowest BCUT2D eigenvalue weighted by molar-refractivity contribution is 0.234. The Balaban J connectivity index is 1.81. The van der Waals surface area contributed by atoms with Gasteiger partial charge in [-0.1, -0.05) is 56.3 Å². The highest BCUT2D eigenvalue weighted by Crippen LogP contribution is 2.28. The summed E-state index contributed by atoms with van der Waals surface area (Å²) < 4.78 is 5.13. The van der Waals surface area contributed by atoms with Crippen LogP contribution in [-0.2, 0) is 12.0 Å². The Morgan fingerprint density at radius 1 is 1.08 bits per heavy atom. The molecule has 0 aliphatic carbocycles. The van der Waals surface area contributed by atoms with Crippen LogP contribution in [0.3, 0.4) is 0 Å². The molecule has 0 aliphatic rings. The maximum Gasteiger partial charge on any atom is 0.315 e. The lowest BCUT2D eigenvalue weighted by Gasteiger charge is -2.29. The number of methoxy groups -OCH3 is 1. The number of rotatable bonds is 7. The molecule has 0 aromatic heterocycles. The van der Waals surface area contributed by atoms with E-state index in [1.165, 1.54) is 5.56 Å². The fraction of sp³-hybridized carbons (Fsp3) is 0.381. The van der Waals surface area contributed by atoms with Crippen molar-refractivity contribution in [3.8, 4) is 5.75 Å². The zero-order chi connectivity index (χ0) is 18.3. The smallest absolute Gasteiger partial charge is 0.315 e. The molecule has 0 radical (unpaired) electrons. The van der Waals surface area contributed by atoms with Crippen molar-refractivity contribution in [3.63, 3.8) is 0 Å². The molecule has 2 amide bonds. The molecule has 0 bridgehead atoms. The van der Waals surface area contributed by atoms with Crippen LogP contribution in [0.15, 0.2) is 54.6 Å². The highest BCUT2D eigenvalue weighted by atomic mass is 16.5. The molecule has 1 atom stereocenters. The SMILES string of the molecule is COc1ccc(CNC(=O)NC(C)CC(C)(C)c2ccccc2)cc1. The summed E-state index contributed by atoms with van der Waals surface area (Å²) in [6, 6.07) is 18.0. The number of hydrogen-bond donors (Lipinski definition) is 2. The van der Waals surface area contributed by atoms with E-state index in [1.807, 2.05) is 37.3 Å². The van der Waals surface area contributed by atoms with E-state index in [2.05, 4.69) is 48.7 Å². The van der Waals surface area contributed by atoms with Gasteiger partial charge in [-0.2, -0.15) is 0 Å². The van der Waals surface area contributed by atoms with Gasteiger partial charge in [-0.15, -0.1) is 0 Å². The van der Waals surface area contributed by atoms with Crippen molar-refractivity contribution in [1.29, 1.82) is 0 Å². The van der Waals surface area contributed by atoms with Crippen LogP contribution in [0.25, 0.3) is 0 Å². The Hall–Kier alpha value is -2.49. The van der Waals surface area contributed by atoms with Crippen molar-refractivity contribution >= 4 is 6.03 Å². The van der Waals surface area contributed by atoms with Crippen LogP contribution < -0.4 is 15.4 Å². The number of carbonyl (C=O) groups is 1. The van der Waals surface area contributed by atoms with Gasteiger partial charge in [0.1, 0.15) is 5.75 Å². The summed E-state index contributed by atoms with van der Waals surface area (Å²) in [5.41, 5.74) is 2.32. The quantitative estimate of drug-likeness (QED) is 0.791. The minimum Gasteiger partial charge on any atom is -0.497 e. The van der Waals surface area contributed by atoms with Gasteiger partial charge in [-0.25, -0.2) is 4.79 Å². The van der Waals surface area contributed by atoms with E-state index in [4.69, 9.17) is 4.74 Å². The lowest BCUT2D eigenvalue weighted by Crippen LogP contribution is -2.42. The molecule has 2 rings (SSSR count). The van der Waals surface area contributed by atoms with E-state index >= 15 is 0 Å². The first-order valence-corrected chi connectivity index (χ1v) is 8.63. The van der Waals surface area contributed by atoms with Gasteiger partial charge >= 0.3 is 6.03 Å². The average Bonchev–Trinajstić information content (AvgIpc) is 2.60. The van der Waals surface area contributed by atoms with E-state index in [-0.39, 0.29) is 17.5 Å². The number of benzene rings is 2. The Kier molecular flexibility index (Phi) is 6.45. The fourth-order valence-electron chi connectivity index (χ4n) is 3.02. The van der Waals surface area contributed by atoms with E-state index in [9.17, 15) is 4.79 Å². The molecular formula is C21H28N2O2. The highest BCUT2D eigenvalue weighted by Gasteiger charge is 2.23. The minimum absolute atomic E-state index is 0.00391. The maximum atomic E-state index is 12.1.